The molecule has 102 valence electrons. The topological polar surface area (TPSA) is 57.6 Å². The van der Waals surface area contributed by atoms with Crippen molar-refractivity contribution in [3.63, 3.8) is 0 Å². The van der Waals surface area contributed by atoms with E-state index in [1.54, 1.807) is 11.9 Å². The summed E-state index contributed by atoms with van der Waals surface area (Å²) in [6.45, 7) is 3.90. The second-order valence-electron chi connectivity index (χ2n) is 6.00. The molecule has 0 aliphatic carbocycles. The molecular formula is C15H19NO3. The van der Waals surface area contributed by atoms with E-state index in [0.29, 0.717) is 12.8 Å². The monoisotopic (exact) mass is 261 g/mol. The summed E-state index contributed by atoms with van der Waals surface area (Å²) in [5, 5.41) is 8.90. The zero-order chi connectivity index (χ0) is 14.2. The summed E-state index contributed by atoms with van der Waals surface area (Å²) in [5.41, 5.74) is 2.81. The number of carboxylic acids is 1. The molecule has 1 aromatic rings. The first-order chi connectivity index (χ1) is 8.78. The van der Waals surface area contributed by atoms with Gasteiger partial charge in [-0.05, 0) is 29.0 Å². The van der Waals surface area contributed by atoms with Crippen molar-refractivity contribution in [1.29, 1.82) is 0 Å². The van der Waals surface area contributed by atoms with Crippen LogP contribution in [-0.2, 0) is 22.4 Å². The number of nitrogens with zero attached hydrogens (tertiary/aromatic N) is 1. The lowest BCUT2D eigenvalue weighted by atomic mass is 9.82. The number of amides is 1. The zero-order valence-corrected chi connectivity index (χ0v) is 11.6. The van der Waals surface area contributed by atoms with Crippen LogP contribution in [0.1, 0.15) is 31.4 Å². The van der Waals surface area contributed by atoms with Gasteiger partial charge in [-0.15, -0.1) is 0 Å². The van der Waals surface area contributed by atoms with Gasteiger partial charge in [-0.1, -0.05) is 26.0 Å². The summed E-state index contributed by atoms with van der Waals surface area (Å²) in [6, 6.07) is 5.96. The smallest absolute Gasteiger partial charge is 0.303 e. The molecule has 0 spiro atoms. The Kier molecular flexibility index (Phi) is 3.35. The largest absolute Gasteiger partial charge is 0.481 e. The Morgan fingerprint density at radius 2 is 2.11 bits per heavy atom. The highest BCUT2D eigenvalue weighted by Crippen LogP contribution is 2.32. The maximum atomic E-state index is 11.6. The van der Waals surface area contributed by atoms with Crippen LogP contribution in [0.4, 0.5) is 5.69 Å². The Labute approximate surface area is 113 Å². The van der Waals surface area contributed by atoms with Crippen LogP contribution in [0, 0.1) is 5.41 Å². The van der Waals surface area contributed by atoms with Crippen molar-refractivity contribution < 1.29 is 14.7 Å². The number of aliphatic carboxylic acids is 1. The van der Waals surface area contributed by atoms with Crippen LogP contribution >= 0.6 is 0 Å². The summed E-state index contributed by atoms with van der Waals surface area (Å²) in [4.78, 5) is 24.1. The van der Waals surface area contributed by atoms with E-state index in [1.807, 2.05) is 32.0 Å². The van der Waals surface area contributed by atoms with Crippen molar-refractivity contribution in [1.82, 2.24) is 0 Å². The molecule has 1 aliphatic heterocycles. The summed E-state index contributed by atoms with van der Waals surface area (Å²) < 4.78 is 0. The van der Waals surface area contributed by atoms with Crippen LogP contribution in [0.25, 0.3) is 0 Å². The van der Waals surface area contributed by atoms with Gasteiger partial charge in [0.1, 0.15) is 0 Å². The van der Waals surface area contributed by atoms with E-state index >= 15 is 0 Å². The summed E-state index contributed by atoms with van der Waals surface area (Å²) in [6.07, 6.45) is 1.28. The summed E-state index contributed by atoms with van der Waals surface area (Å²) in [7, 11) is 1.78. The van der Waals surface area contributed by atoms with Crippen LogP contribution in [-0.4, -0.2) is 24.0 Å². The third kappa shape index (κ3) is 2.95. The number of hydrogen-bond donors (Lipinski definition) is 1. The number of hydrogen-bond acceptors (Lipinski definition) is 2. The molecule has 2 rings (SSSR count). The Hall–Kier alpha value is -1.84. The Morgan fingerprint density at radius 3 is 2.74 bits per heavy atom. The van der Waals surface area contributed by atoms with Crippen LogP contribution in [0.15, 0.2) is 18.2 Å². The number of fused-ring (bicyclic) bond motifs is 1. The predicted octanol–water partition coefficient (Wildman–Crippen LogP) is 2.25. The lowest BCUT2D eigenvalue weighted by molar-refractivity contribution is -0.139. The van der Waals surface area contributed by atoms with Gasteiger partial charge >= 0.3 is 5.97 Å². The predicted molar refractivity (Wildman–Crippen MR) is 73.3 cm³/mol. The van der Waals surface area contributed by atoms with Crippen molar-refractivity contribution in [3.8, 4) is 0 Å². The van der Waals surface area contributed by atoms with Crippen molar-refractivity contribution in [3.05, 3.63) is 29.3 Å². The van der Waals surface area contributed by atoms with Gasteiger partial charge in [0.05, 0.1) is 12.8 Å². The summed E-state index contributed by atoms with van der Waals surface area (Å²) in [5.74, 6) is -0.669. The second-order valence-corrected chi connectivity index (χ2v) is 6.00. The van der Waals surface area contributed by atoms with Gasteiger partial charge in [-0.25, -0.2) is 0 Å². The van der Waals surface area contributed by atoms with Crippen molar-refractivity contribution in [2.45, 2.75) is 33.1 Å². The van der Waals surface area contributed by atoms with E-state index in [9.17, 15) is 9.59 Å². The van der Waals surface area contributed by atoms with E-state index in [-0.39, 0.29) is 17.7 Å². The molecule has 1 amide bonds. The van der Waals surface area contributed by atoms with Gasteiger partial charge < -0.3 is 10.0 Å². The van der Waals surface area contributed by atoms with E-state index < -0.39 is 5.97 Å². The Balaban J connectivity index is 2.18. The quantitative estimate of drug-likeness (QED) is 0.904. The molecule has 0 unspecified atom stereocenters. The first kappa shape index (κ1) is 13.6. The van der Waals surface area contributed by atoms with Crippen molar-refractivity contribution in [2.24, 2.45) is 5.41 Å². The fourth-order valence-electron chi connectivity index (χ4n) is 2.66. The molecule has 19 heavy (non-hydrogen) atoms. The molecule has 1 heterocycles. The second kappa shape index (κ2) is 4.68. The number of benzene rings is 1. The van der Waals surface area contributed by atoms with Crippen LogP contribution in [0.2, 0.25) is 0 Å². The van der Waals surface area contributed by atoms with Crippen LogP contribution in [0.3, 0.4) is 0 Å². The van der Waals surface area contributed by atoms with Crippen LogP contribution in [0.5, 0.6) is 0 Å². The molecule has 0 saturated carbocycles. The highest BCUT2D eigenvalue weighted by atomic mass is 16.4. The van der Waals surface area contributed by atoms with Gasteiger partial charge in [-0.3, -0.25) is 9.59 Å². The van der Waals surface area contributed by atoms with E-state index in [2.05, 4.69) is 0 Å². The van der Waals surface area contributed by atoms with Gasteiger partial charge in [0.15, 0.2) is 0 Å². The standard InChI is InChI=1S/C15H19NO3/c1-15(2,9-14(18)19)8-10-4-5-12-11(6-10)7-13(17)16(12)3/h4-6H,7-9H2,1-3H3,(H,18,19). The average molecular weight is 261 g/mol. The van der Waals surface area contributed by atoms with Crippen molar-refractivity contribution >= 4 is 17.6 Å². The molecule has 0 radical (unpaired) electrons. The molecule has 4 nitrogen and oxygen atoms in total. The minimum absolute atomic E-state index is 0.108. The highest BCUT2D eigenvalue weighted by Gasteiger charge is 2.26. The lowest BCUT2D eigenvalue weighted by Gasteiger charge is -2.22. The fourth-order valence-corrected chi connectivity index (χ4v) is 2.66. The third-order valence-corrected chi connectivity index (χ3v) is 3.53. The van der Waals surface area contributed by atoms with Gasteiger partial charge in [0.25, 0.3) is 0 Å². The van der Waals surface area contributed by atoms with Crippen LogP contribution < -0.4 is 4.90 Å². The SMILES string of the molecule is CN1C(=O)Cc2cc(CC(C)(C)CC(=O)O)ccc21. The first-order valence-corrected chi connectivity index (χ1v) is 6.39. The number of carbonyl (C=O) groups excluding carboxylic acids is 1. The van der Waals surface area contributed by atoms with Gasteiger partial charge in [0, 0.05) is 12.7 Å². The number of rotatable bonds is 4. The Morgan fingerprint density at radius 1 is 1.42 bits per heavy atom. The Bertz CT molecular complexity index is 534. The molecule has 4 heteroatoms. The number of carbonyl (C=O) groups is 2. The molecule has 0 fully saturated rings. The average Bonchev–Trinajstić information content (AvgIpc) is 2.51. The zero-order valence-electron chi connectivity index (χ0n) is 11.6. The number of carboxylic acid groups (broad SMARTS) is 1. The molecule has 1 aromatic carbocycles. The third-order valence-electron chi connectivity index (χ3n) is 3.53. The summed E-state index contributed by atoms with van der Waals surface area (Å²) >= 11 is 0. The van der Waals surface area contributed by atoms with E-state index in [4.69, 9.17) is 5.11 Å². The van der Waals surface area contributed by atoms with Gasteiger partial charge in [-0.2, -0.15) is 0 Å². The molecule has 0 atom stereocenters. The molecule has 0 aromatic heterocycles. The molecule has 0 bridgehead atoms. The maximum absolute atomic E-state index is 11.6. The maximum Gasteiger partial charge on any atom is 0.303 e. The minimum atomic E-state index is -0.777. The van der Waals surface area contributed by atoms with E-state index in [0.717, 1.165) is 16.8 Å². The normalized spacial score (nSPS) is 14.7. The fraction of sp³-hybridized carbons (Fsp3) is 0.467. The number of anilines is 1. The lowest BCUT2D eigenvalue weighted by Crippen LogP contribution is -2.20. The molecule has 1 N–H and O–H groups in total. The van der Waals surface area contributed by atoms with Gasteiger partial charge in [0.2, 0.25) is 5.91 Å². The van der Waals surface area contributed by atoms with E-state index in [1.165, 1.54) is 0 Å². The number of likely N-dealkylation sites (N-methyl/N-ethyl adjacent to an activating group) is 1. The highest BCUT2D eigenvalue weighted by molar-refractivity contribution is 6.00. The molecular weight excluding hydrogens is 242 g/mol. The molecule has 1 aliphatic rings. The minimum Gasteiger partial charge on any atom is -0.481 e. The van der Waals surface area contributed by atoms with Crippen molar-refractivity contribution in [2.75, 3.05) is 11.9 Å². The molecule has 0 saturated heterocycles. The first-order valence-electron chi connectivity index (χ1n) is 6.39.